The highest BCUT2D eigenvalue weighted by molar-refractivity contribution is 5.95. The van der Waals surface area contributed by atoms with E-state index in [2.05, 4.69) is 22.6 Å². The molecule has 0 bridgehead atoms. The molecule has 0 aliphatic carbocycles. The van der Waals surface area contributed by atoms with Crippen LogP contribution in [0, 0.1) is 11.2 Å². The molecule has 5 rings (SSSR count). The minimum Gasteiger partial charge on any atom is -0.494 e. The standard InChI is InChI=1S/C31H37FN6O2/c1-3-39-24-17-25(28(32)27(18-24)40-23-13-15-38(2)16-14-23)29(36-22-11-9-21(10-12-22)30(33)34)31-35-19-26(37-31)20-7-5-4-6-8-20/h4-12,17-18,23,26,29,36H,3,13-16,19H2,1-2H3,(H3,33,34)(H,35,37). The summed E-state index contributed by atoms with van der Waals surface area (Å²) in [6, 6.07) is 19.9. The first-order valence-electron chi connectivity index (χ1n) is 13.8. The summed E-state index contributed by atoms with van der Waals surface area (Å²) in [5.41, 5.74) is 8.46. The molecule has 9 heteroatoms. The molecule has 2 aliphatic heterocycles. The Hall–Kier alpha value is -4.11. The van der Waals surface area contributed by atoms with Crippen molar-refractivity contribution in [1.29, 1.82) is 5.41 Å². The molecule has 0 spiro atoms. The number of rotatable bonds is 10. The van der Waals surface area contributed by atoms with Gasteiger partial charge < -0.3 is 30.7 Å². The van der Waals surface area contributed by atoms with Crippen LogP contribution in [0.1, 0.15) is 48.5 Å². The van der Waals surface area contributed by atoms with Crippen LogP contribution >= 0.6 is 0 Å². The first-order valence-corrected chi connectivity index (χ1v) is 13.8. The fourth-order valence-electron chi connectivity index (χ4n) is 5.13. The van der Waals surface area contributed by atoms with Gasteiger partial charge in [0.05, 0.1) is 12.6 Å². The molecule has 210 valence electrons. The van der Waals surface area contributed by atoms with Gasteiger partial charge in [-0.3, -0.25) is 10.4 Å². The van der Waals surface area contributed by atoms with Gasteiger partial charge in [0.2, 0.25) is 0 Å². The Bertz CT molecular complexity index is 1340. The molecule has 2 heterocycles. The Kier molecular flexibility index (Phi) is 8.50. The van der Waals surface area contributed by atoms with Crippen molar-refractivity contribution in [3.8, 4) is 11.5 Å². The molecule has 8 nitrogen and oxygen atoms in total. The molecular formula is C31H37FN6O2. The summed E-state index contributed by atoms with van der Waals surface area (Å²) in [6.07, 6.45) is 1.60. The number of anilines is 1. The van der Waals surface area contributed by atoms with E-state index in [1.807, 2.05) is 49.4 Å². The van der Waals surface area contributed by atoms with Gasteiger partial charge in [-0.1, -0.05) is 30.3 Å². The molecule has 2 aliphatic rings. The highest BCUT2D eigenvalue weighted by Gasteiger charge is 2.31. The Labute approximate surface area is 234 Å². The molecule has 0 radical (unpaired) electrons. The van der Waals surface area contributed by atoms with Gasteiger partial charge in [-0.05, 0) is 62.7 Å². The average molecular weight is 545 g/mol. The van der Waals surface area contributed by atoms with Crippen LogP contribution in [-0.4, -0.2) is 56.0 Å². The van der Waals surface area contributed by atoms with Gasteiger partial charge >= 0.3 is 0 Å². The molecule has 3 aromatic rings. The van der Waals surface area contributed by atoms with E-state index in [0.717, 1.165) is 37.2 Å². The summed E-state index contributed by atoms with van der Waals surface area (Å²) >= 11 is 0. The molecule has 3 aromatic carbocycles. The minimum atomic E-state index is -0.642. The number of benzene rings is 3. The van der Waals surface area contributed by atoms with Crippen LogP contribution in [0.15, 0.2) is 71.7 Å². The van der Waals surface area contributed by atoms with E-state index in [4.69, 9.17) is 25.6 Å². The molecule has 0 amide bonds. The van der Waals surface area contributed by atoms with Crippen LogP contribution in [0.25, 0.3) is 0 Å². The third-order valence-corrected chi connectivity index (χ3v) is 7.36. The molecule has 2 unspecified atom stereocenters. The van der Waals surface area contributed by atoms with E-state index in [0.29, 0.717) is 35.9 Å². The summed E-state index contributed by atoms with van der Waals surface area (Å²) in [4.78, 5) is 7.24. The highest BCUT2D eigenvalue weighted by Crippen LogP contribution is 2.36. The fourth-order valence-corrected chi connectivity index (χ4v) is 5.13. The molecule has 40 heavy (non-hydrogen) atoms. The summed E-state index contributed by atoms with van der Waals surface area (Å²) in [5.74, 6) is 0.906. The number of nitrogen functional groups attached to an aromatic ring is 1. The van der Waals surface area contributed by atoms with E-state index in [-0.39, 0.29) is 23.7 Å². The number of nitrogens with two attached hydrogens (primary N) is 1. The number of ether oxygens (including phenoxy) is 2. The zero-order valence-electron chi connectivity index (χ0n) is 23.0. The number of nitrogens with zero attached hydrogens (tertiary/aromatic N) is 2. The van der Waals surface area contributed by atoms with Crippen LogP contribution in [0.2, 0.25) is 0 Å². The summed E-state index contributed by atoms with van der Waals surface area (Å²) < 4.78 is 28.5. The molecule has 0 aromatic heterocycles. The second kappa shape index (κ2) is 12.4. The zero-order valence-corrected chi connectivity index (χ0v) is 23.0. The van der Waals surface area contributed by atoms with E-state index in [9.17, 15) is 0 Å². The molecule has 0 saturated carbocycles. The third kappa shape index (κ3) is 6.37. The average Bonchev–Trinajstić information content (AvgIpc) is 3.46. The number of halogens is 1. The number of hydrogen-bond donors (Lipinski definition) is 4. The largest absolute Gasteiger partial charge is 0.494 e. The SMILES string of the molecule is CCOc1cc(OC2CCN(C)CC2)c(F)c(C(Nc2ccc(C(=N)N)cc2)C2=NC(c3ccccc3)CN2)c1. The maximum atomic E-state index is 16.4. The molecule has 5 N–H and O–H groups in total. The van der Waals surface area contributed by atoms with Gasteiger partial charge in [0, 0.05) is 42.5 Å². The summed E-state index contributed by atoms with van der Waals surface area (Å²) in [6.45, 7) is 4.77. The number of hydrogen-bond acceptors (Lipinski definition) is 7. The van der Waals surface area contributed by atoms with Crippen molar-refractivity contribution in [3.05, 3.63) is 89.2 Å². The molecular weight excluding hydrogens is 507 g/mol. The topological polar surface area (TPSA) is 108 Å². The lowest BCUT2D eigenvalue weighted by atomic mass is 10.0. The quantitative estimate of drug-likeness (QED) is 0.214. The Morgan fingerprint density at radius 2 is 1.88 bits per heavy atom. The lowest BCUT2D eigenvalue weighted by Gasteiger charge is -2.30. The van der Waals surface area contributed by atoms with Crippen molar-refractivity contribution in [3.63, 3.8) is 0 Å². The monoisotopic (exact) mass is 544 g/mol. The number of amidine groups is 2. The van der Waals surface area contributed by atoms with Crippen molar-refractivity contribution in [2.45, 2.75) is 38.0 Å². The lowest BCUT2D eigenvalue weighted by molar-refractivity contribution is 0.109. The summed E-state index contributed by atoms with van der Waals surface area (Å²) in [5, 5.41) is 14.6. The van der Waals surface area contributed by atoms with E-state index < -0.39 is 11.9 Å². The number of likely N-dealkylation sites (tertiary alicyclic amines) is 1. The fraction of sp³-hybridized carbons (Fsp3) is 0.355. The second-order valence-corrected chi connectivity index (χ2v) is 10.3. The van der Waals surface area contributed by atoms with Gasteiger partial charge in [-0.25, -0.2) is 4.39 Å². The highest BCUT2D eigenvalue weighted by atomic mass is 19.1. The number of piperidine rings is 1. The van der Waals surface area contributed by atoms with Crippen LogP contribution in [0.3, 0.4) is 0 Å². The van der Waals surface area contributed by atoms with E-state index in [1.165, 1.54) is 0 Å². The maximum absolute atomic E-state index is 16.4. The van der Waals surface area contributed by atoms with Crippen LogP contribution in [0.4, 0.5) is 10.1 Å². The molecule has 1 fully saturated rings. The summed E-state index contributed by atoms with van der Waals surface area (Å²) in [7, 11) is 2.09. The van der Waals surface area contributed by atoms with Crippen LogP contribution in [-0.2, 0) is 0 Å². The Morgan fingerprint density at radius 1 is 1.15 bits per heavy atom. The Morgan fingerprint density at radius 3 is 2.55 bits per heavy atom. The minimum absolute atomic E-state index is 0.0122. The molecule has 1 saturated heterocycles. The predicted molar refractivity (Wildman–Crippen MR) is 157 cm³/mol. The van der Waals surface area contributed by atoms with Gasteiger partial charge in [0.15, 0.2) is 11.6 Å². The first-order chi connectivity index (χ1) is 19.4. The van der Waals surface area contributed by atoms with Crippen molar-refractivity contribution < 1.29 is 13.9 Å². The number of aliphatic imine (C=N–C) groups is 1. The van der Waals surface area contributed by atoms with Gasteiger partial charge in [-0.15, -0.1) is 0 Å². The smallest absolute Gasteiger partial charge is 0.171 e. The van der Waals surface area contributed by atoms with Crippen molar-refractivity contribution >= 4 is 17.4 Å². The van der Waals surface area contributed by atoms with E-state index in [1.54, 1.807) is 24.3 Å². The van der Waals surface area contributed by atoms with Crippen molar-refractivity contribution in [2.75, 3.05) is 38.6 Å². The number of nitrogens with one attached hydrogen (secondary N) is 3. The molecule has 2 atom stereocenters. The third-order valence-electron chi connectivity index (χ3n) is 7.36. The van der Waals surface area contributed by atoms with Crippen LogP contribution < -0.4 is 25.8 Å². The first kappa shape index (κ1) is 27.5. The van der Waals surface area contributed by atoms with Crippen molar-refractivity contribution in [1.82, 2.24) is 10.2 Å². The Balaban J connectivity index is 1.53. The van der Waals surface area contributed by atoms with Crippen molar-refractivity contribution in [2.24, 2.45) is 10.7 Å². The van der Waals surface area contributed by atoms with Gasteiger partial charge in [-0.2, -0.15) is 0 Å². The lowest BCUT2D eigenvalue weighted by Crippen LogP contribution is -2.36. The van der Waals surface area contributed by atoms with Crippen LogP contribution in [0.5, 0.6) is 11.5 Å². The zero-order chi connectivity index (χ0) is 28.1. The van der Waals surface area contributed by atoms with Gasteiger partial charge in [0.25, 0.3) is 0 Å². The van der Waals surface area contributed by atoms with E-state index >= 15 is 4.39 Å². The maximum Gasteiger partial charge on any atom is 0.171 e. The second-order valence-electron chi connectivity index (χ2n) is 10.3. The normalized spacial score (nSPS) is 18.5. The predicted octanol–water partition coefficient (Wildman–Crippen LogP) is 4.88. The van der Waals surface area contributed by atoms with Gasteiger partial charge in [0.1, 0.15) is 29.6 Å².